The Kier molecular flexibility index (Phi) is 7.65. The van der Waals surface area contributed by atoms with Gasteiger partial charge < -0.3 is 9.13 Å². The Hall–Kier alpha value is -7.36. The first-order chi connectivity index (χ1) is 27.3. The lowest BCUT2D eigenvalue weighted by molar-refractivity contribution is 1.06. The molecule has 0 spiro atoms. The van der Waals surface area contributed by atoms with Crippen LogP contribution in [0.1, 0.15) is 22.3 Å². The number of benzene rings is 7. The van der Waals surface area contributed by atoms with Gasteiger partial charge in [-0.05, 0) is 88.4 Å². The molecule has 10 rings (SSSR count). The van der Waals surface area contributed by atoms with Gasteiger partial charge in [-0.1, -0.05) is 107 Å². The minimum absolute atomic E-state index is 0.438. The van der Waals surface area contributed by atoms with E-state index in [9.17, 15) is 0 Å². The summed E-state index contributed by atoms with van der Waals surface area (Å²) < 4.78 is 4.60. The highest BCUT2D eigenvalue weighted by Gasteiger charge is 2.25. The van der Waals surface area contributed by atoms with Crippen molar-refractivity contribution in [3.63, 3.8) is 0 Å². The Labute approximate surface area is 324 Å². The molecule has 0 unspecified atom stereocenters. The average molecular weight is 721 g/mol. The molecule has 0 atom stereocenters. The van der Waals surface area contributed by atoms with E-state index >= 15 is 0 Å². The van der Waals surface area contributed by atoms with Crippen LogP contribution < -0.4 is 0 Å². The highest BCUT2D eigenvalue weighted by atomic mass is 15.1. The van der Waals surface area contributed by atoms with E-state index in [-0.39, 0.29) is 0 Å². The maximum atomic E-state index is 8.81. The zero-order chi connectivity index (χ0) is 38.1. The number of aromatic nitrogens is 5. The molecule has 0 saturated carbocycles. The number of hydrogen-bond acceptors (Lipinski definition) is 3. The van der Waals surface area contributed by atoms with Crippen LogP contribution in [0.3, 0.4) is 0 Å². The summed E-state index contributed by atoms with van der Waals surface area (Å²) in [5, 5.41) is 4.66. The first kappa shape index (κ1) is 33.2. The highest BCUT2D eigenvalue weighted by molar-refractivity contribution is 6.12. The lowest BCUT2D eigenvalue weighted by Gasteiger charge is -2.19. The average Bonchev–Trinajstić information content (AvgIpc) is 3.71. The Bertz CT molecular complexity index is 3060. The third-order valence-electron chi connectivity index (χ3n) is 10.8. The molecule has 0 radical (unpaired) electrons. The van der Waals surface area contributed by atoms with Gasteiger partial charge in [-0.2, -0.15) is 0 Å². The van der Waals surface area contributed by atoms with Crippen LogP contribution >= 0.6 is 0 Å². The molecule has 0 aliphatic carbocycles. The van der Waals surface area contributed by atoms with Crippen molar-refractivity contribution in [3.8, 4) is 45.5 Å². The fourth-order valence-electron chi connectivity index (χ4n) is 8.18. The zero-order valence-electron chi connectivity index (χ0n) is 31.5. The lowest BCUT2D eigenvalue weighted by Crippen LogP contribution is -2.05. The summed E-state index contributed by atoms with van der Waals surface area (Å²) in [4.78, 5) is 19.7. The molecule has 6 nitrogen and oxygen atoms in total. The second-order valence-electron chi connectivity index (χ2n) is 14.8. The first-order valence-corrected chi connectivity index (χ1v) is 18.8. The van der Waals surface area contributed by atoms with Gasteiger partial charge in [-0.25, -0.2) is 19.8 Å². The standard InChI is InChI=1S/C50H36N6/c1-30-16-20-42-37(24-30)38-25-31(2)17-21-43(38)55(42)36-28-41(51-5)47(46(29-36)56-44-22-18-32(3)26-39(44)40-27-33(4)19-23-45(40)56)50-53-48(34-12-8-6-9-13-34)52-49(54-50)35-14-10-7-11-15-35/h6-29H,1-4H3. The Morgan fingerprint density at radius 3 is 1.23 bits per heavy atom. The van der Waals surface area contributed by atoms with Crippen molar-refractivity contribution in [2.24, 2.45) is 0 Å². The maximum Gasteiger partial charge on any atom is 0.202 e. The van der Waals surface area contributed by atoms with Crippen molar-refractivity contribution < 1.29 is 0 Å². The van der Waals surface area contributed by atoms with E-state index in [0.717, 1.165) is 55.3 Å². The quantitative estimate of drug-likeness (QED) is 0.166. The third kappa shape index (κ3) is 5.36. The summed E-state index contributed by atoms with van der Waals surface area (Å²) in [5.74, 6) is 1.52. The molecule has 0 aliphatic heterocycles. The van der Waals surface area contributed by atoms with E-state index in [4.69, 9.17) is 21.5 Å². The van der Waals surface area contributed by atoms with Gasteiger partial charge in [-0.15, -0.1) is 0 Å². The summed E-state index contributed by atoms with van der Waals surface area (Å²) >= 11 is 0. The summed E-state index contributed by atoms with van der Waals surface area (Å²) in [7, 11) is 0. The van der Waals surface area contributed by atoms with Crippen LogP contribution in [0.2, 0.25) is 0 Å². The van der Waals surface area contributed by atoms with Gasteiger partial charge >= 0.3 is 0 Å². The molecule has 0 aliphatic rings. The molecule has 3 aromatic heterocycles. The molecular weight excluding hydrogens is 685 g/mol. The molecule has 3 heterocycles. The van der Waals surface area contributed by atoms with Gasteiger partial charge in [0.25, 0.3) is 0 Å². The molecule has 0 saturated heterocycles. The lowest BCUT2D eigenvalue weighted by atomic mass is 10.1. The third-order valence-corrected chi connectivity index (χ3v) is 10.8. The molecule has 0 fully saturated rings. The molecule has 0 amide bonds. The van der Waals surface area contributed by atoms with Gasteiger partial charge in [0.1, 0.15) is 0 Å². The molecule has 266 valence electrons. The van der Waals surface area contributed by atoms with E-state index in [2.05, 4.69) is 121 Å². The molecule has 10 aromatic rings. The normalized spacial score (nSPS) is 11.6. The Morgan fingerprint density at radius 2 is 0.821 bits per heavy atom. The van der Waals surface area contributed by atoms with E-state index in [0.29, 0.717) is 28.7 Å². The van der Waals surface area contributed by atoms with E-state index < -0.39 is 0 Å². The number of fused-ring (bicyclic) bond motifs is 6. The van der Waals surface area contributed by atoms with Gasteiger partial charge in [0.2, 0.25) is 5.69 Å². The summed E-state index contributed by atoms with van der Waals surface area (Å²) in [6, 6.07) is 50.6. The fourth-order valence-corrected chi connectivity index (χ4v) is 8.18. The summed E-state index contributed by atoms with van der Waals surface area (Å²) in [6.07, 6.45) is 0. The van der Waals surface area contributed by atoms with Crippen LogP contribution in [0, 0.1) is 34.3 Å². The van der Waals surface area contributed by atoms with Crippen LogP contribution in [0.15, 0.2) is 146 Å². The van der Waals surface area contributed by atoms with E-state index in [1.165, 1.54) is 33.0 Å². The van der Waals surface area contributed by atoms with Gasteiger partial charge in [0.05, 0.1) is 28.6 Å². The van der Waals surface area contributed by atoms with Crippen molar-refractivity contribution in [1.29, 1.82) is 0 Å². The van der Waals surface area contributed by atoms with Crippen LogP contribution in [0.25, 0.3) is 94.0 Å². The monoisotopic (exact) mass is 720 g/mol. The van der Waals surface area contributed by atoms with Crippen LogP contribution in [-0.4, -0.2) is 24.1 Å². The number of nitrogens with zero attached hydrogens (tertiary/aromatic N) is 6. The van der Waals surface area contributed by atoms with Crippen molar-refractivity contribution in [2.75, 3.05) is 0 Å². The molecule has 6 heteroatoms. The van der Waals surface area contributed by atoms with E-state index in [1.54, 1.807) is 0 Å². The van der Waals surface area contributed by atoms with Gasteiger partial charge in [0.15, 0.2) is 17.5 Å². The molecule has 7 aromatic carbocycles. The highest BCUT2D eigenvalue weighted by Crippen LogP contribution is 2.44. The van der Waals surface area contributed by atoms with Crippen molar-refractivity contribution in [1.82, 2.24) is 24.1 Å². The molecular formula is C50H36N6. The van der Waals surface area contributed by atoms with Crippen LogP contribution in [-0.2, 0) is 0 Å². The van der Waals surface area contributed by atoms with Gasteiger partial charge in [-0.3, -0.25) is 0 Å². The minimum atomic E-state index is 0.438. The van der Waals surface area contributed by atoms with Crippen molar-refractivity contribution in [2.45, 2.75) is 27.7 Å². The predicted octanol–water partition coefficient (Wildman–Crippen LogP) is 12.9. The summed E-state index contributed by atoms with van der Waals surface area (Å²) in [6.45, 7) is 17.3. The predicted molar refractivity (Wildman–Crippen MR) is 230 cm³/mol. The van der Waals surface area contributed by atoms with Crippen LogP contribution in [0.5, 0.6) is 0 Å². The smallest absolute Gasteiger partial charge is 0.202 e. The second-order valence-corrected chi connectivity index (χ2v) is 14.8. The molecule has 56 heavy (non-hydrogen) atoms. The minimum Gasteiger partial charge on any atom is -0.310 e. The number of aryl methyl sites for hydroxylation is 4. The maximum absolute atomic E-state index is 8.81. The Morgan fingerprint density at radius 1 is 0.429 bits per heavy atom. The molecule has 0 bridgehead atoms. The fraction of sp³-hybridized carbons (Fsp3) is 0.0800. The Balaban J connectivity index is 1.37. The largest absolute Gasteiger partial charge is 0.310 e. The SMILES string of the molecule is [C-]#[N+]c1cc(-n2c3ccc(C)cc3c3cc(C)ccc32)cc(-n2c3ccc(C)cc3c3cc(C)ccc32)c1-c1nc(-c2ccccc2)nc(-c2ccccc2)n1. The van der Waals surface area contributed by atoms with Crippen LogP contribution in [0.4, 0.5) is 5.69 Å². The van der Waals surface area contributed by atoms with Gasteiger partial charge in [0, 0.05) is 49.6 Å². The summed E-state index contributed by atoms with van der Waals surface area (Å²) in [5.41, 5.74) is 13.5. The second kappa shape index (κ2) is 12.9. The number of rotatable bonds is 5. The molecule has 0 N–H and O–H groups in total. The first-order valence-electron chi connectivity index (χ1n) is 18.8. The topological polar surface area (TPSA) is 52.9 Å². The van der Waals surface area contributed by atoms with E-state index in [1.807, 2.05) is 66.7 Å². The number of hydrogen-bond donors (Lipinski definition) is 0. The van der Waals surface area contributed by atoms with Crippen molar-refractivity contribution in [3.05, 3.63) is 179 Å². The van der Waals surface area contributed by atoms with Crippen molar-refractivity contribution >= 4 is 49.3 Å². The zero-order valence-corrected chi connectivity index (χ0v) is 31.5.